The summed E-state index contributed by atoms with van der Waals surface area (Å²) in [7, 11) is 0. The minimum Gasteiger partial charge on any atom is -0.350 e. The molecule has 10 heavy (non-hydrogen) atoms. The number of nitrogens with zero attached hydrogens (tertiary/aromatic N) is 1. The second-order valence-electron chi connectivity index (χ2n) is 1.86. The Morgan fingerprint density at radius 1 is 1.70 bits per heavy atom. The van der Waals surface area contributed by atoms with Crippen molar-refractivity contribution in [2.45, 2.75) is 13.3 Å². The Morgan fingerprint density at radius 3 is 2.70 bits per heavy atom. The van der Waals surface area contributed by atoms with E-state index < -0.39 is 6.03 Å². The molecule has 0 aliphatic heterocycles. The minimum atomic E-state index is -0.656. The van der Waals surface area contributed by atoms with Crippen LogP contribution in [0.2, 0.25) is 0 Å². The number of hydrogen-bond donors (Lipinski definition) is 3. The normalized spacial score (nSPS) is 11.2. The van der Waals surface area contributed by atoms with Gasteiger partial charge in [0.2, 0.25) is 0 Å². The van der Waals surface area contributed by atoms with Crippen LogP contribution in [0.25, 0.3) is 0 Å². The van der Waals surface area contributed by atoms with Crippen molar-refractivity contribution >= 4 is 11.7 Å². The summed E-state index contributed by atoms with van der Waals surface area (Å²) in [6, 6.07) is -0.656. The van der Waals surface area contributed by atoms with Crippen LogP contribution >= 0.6 is 0 Å². The Bertz CT molecular complexity index is 143. The first kappa shape index (κ1) is 8.90. The van der Waals surface area contributed by atoms with Crippen molar-refractivity contribution in [2.24, 2.45) is 16.6 Å². The van der Waals surface area contributed by atoms with E-state index in [1.165, 1.54) is 0 Å². The van der Waals surface area contributed by atoms with Crippen LogP contribution in [-0.4, -0.2) is 18.3 Å². The van der Waals surface area contributed by atoms with Crippen LogP contribution in [0.15, 0.2) is 5.10 Å². The molecule has 0 radical (unpaired) electrons. The van der Waals surface area contributed by atoms with Gasteiger partial charge in [-0.15, -0.1) is 0 Å². The highest BCUT2D eigenvalue weighted by Crippen LogP contribution is 1.79. The molecular formula is C5H12N4O. The number of amides is 2. The van der Waals surface area contributed by atoms with E-state index in [0.29, 0.717) is 13.0 Å². The number of primary amides is 1. The zero-order valence-corrected chi connectivity index (χ0v) is 5.92. The number of nitrogens with two attached hydrogens (primary N) is 2. The van der Waals surface area contributed by atoms with Crippen molar-refractivity contribution in [2.75, 3.05) is 6.54 Å². The molecule has 0 aromatic rings. The van der Waals surface area contributed by atoms with Crippen molar-refractivity contribution in [3.8, 4) is 0 Å². The van der Waals surface area contributed by atoms with E-state index in [9.17, 15) is 4.79 Å². The number of hydrogen-bond acceptors (Lipinski definition) is 3. The lowest BCUT2D eigenvalue weighted by Gasteiger charge is -1.95. The molecule has 2 amide bonds. The number of hydrazone groups is 1. The van der Waals surface area contributed by atoms with Gasteiger partial charge in [0, 0.05) is 5.71 Å². The Morgan fingerprint density at radius 2 is 2.30 bits per heavy atom. The first-order chi connectivity index (χ1) is 4.66. The monoisotopic (exact) mass is 144 g/mol. The molecule has 5 heteroatoms. The highest BCUT2D eigenvalue weighted by molar-refractivity contribution is 5.83. The third kappa shape index (κ3) is 5.04. The lowest BCUT2D eigenvalue weighted by Crippen LogP contribution is -2.25. The van der Waals surface area contributed by atoms with Crippen molar-refractivity contribution in [3.05, 3.63) is 0 Å². The van der Waals surface area contributed by atoms with E-state index in [0.717, 1.165) is 5.71 Å². The van der Waals surface area contributed by atoms with E-state index in [2.05, 4.69) is 10.5 Å². The van der Waals surface area contributed by atoms with Gasteiger partial charge in [-0.05, 0) is 19.9 Å². The highest BCUT2D eigenvalue weighted by atomic mass is 16.2. The van der Waals surface area contributed by atoms with Crippen molar-refractivity contribution in [3.63, 3.8) is 0 Å². The topological polar surface area (TPSA) is 93.5 Å². The zero-order valence-electron chi connectivity index (χ0n) is 5.92. The van der Waals surface area contributed by atoms with Crippen LogP contribution in [-0.2, 0) is 0 Å². The molecule has 5 nitrogen and oxygen atoms in total. The lowest BCUT2D eigenvalue weighted by molar-refractivity contribution is 0.249. The second kappa shape index (κ2) is 4.75. The number of nitrogens with one attached hydrogen (secondary N) is 1. The molecule has 0 aliphatic carbocycles. The summed E-state index contributed by atoms with van der Waals surface area (Å²) in [6.07, 6.45) is 0.667. The number of carbonyl (C=O) groups excluding carboxylic acids is 1. The van der Waals surface area contributed by atoms with Gasteiger partial charge in [-0.25, -0.2) is 10.2 Å². The van der Waals surface area contributed by atoms with Crippen LogP contribution in [0, 0.1) is 0 Å². The van der Waals surface area contributed by atoms with Crippen molar-refractivity contribution in [1.29, 1.82) is 0 Å². The quantitative estimate of drug-likeness (QED) is 0.363. The Hall–Kier alpha value is -1.10. The molecule has 0 aromatic carbocycles. The second-order valence-corrected chi connectivity index (χ2v) is 1.86. The van der Waals surface area contributed by atoms with Gasteiger partial charge in [-0.3, -0.25) is 0 Å². The van der Waals surface area contributed by atoms with Gasteiger partial charge >= 0.3 is 6.03 Å². The number of carbonyl (C=O) groups is 1. The van der Waals surface area contributed by atoms with Gasteiger partial charge in [0.15, 0.2) is 0 Å². The molecule has 0 aliphatic rings. The summed E-state index contributed by atoms with van der Waals surface area (Å²) in [5.74, 6) is 0. The summed E-state index contributed by atoms with van der Waals surface area (Å²) < 4.78 is 0. The van der Waals surface area contributed by atoms with Gasteiger partial charge in [-0.2, -0.15) is 5.10 Å². The first-order valence-electron chi connectivity index (χ1n) is 2.95. The molecule has 5 N–H and O–H groups in total. The van der Waals surface area contributed by atoms with Crippen LogP contribution < -0.4 is 16.9 Å². The zero-order chi connectivity index (χ0) is 7.98. The predicted octanol–water partition coefficient (Wildman–Crippen LogP) is -0.621. The lowest BCUT2D eigenvalue weighted by atomic mass is 10.3. The first-order valence-corrected chi connectivity index (χ1v) is 2.95. The van der Waals surface area contributed by atoms with Crippen molar-refractivity contribution in [1.82, 2.24) is 5.43 Å². The Kier molecular flexibility index (Phi) is 4.23. The van der Waals surface area contributed by atoms with E-state index in [-0.39, 0.29) is 0 Å². The SMILES string of the molecule is C/C(CCN)=N\NC(N)=O. The molecule has 0 saturated carbocycles. The van der Waals surface area contributed by atoms with Gasteiger partial charge < -0.3 is 11.5 Å². The summed E-state index contributed by atoms with van der Waals surface area (Å²) in [5.41, 5.74) is 12.8. The van der Waals surface area contributed by atoms with E-state index in [1.54, 1.807) is 6.92 Å². The molecule has 58 valence electrons. The molecule has 0 bridgehead atoms. The fraction of sp³-hybridized carbons (Fsp3) is 0.600. The third-order valence-electron chi connectivity index (χ3n) is 0.863. The van der Waals surface area contributed by atoms with E-state index in [4.69, 9.17) is 11.5 Å². The largest absolute Gasteiger partial charge is 0.350 e. The van der Waals surface area contributed by atoms with Gasteiger partial charge in [0.25, 0.3) is 0 Å². The molecule has 0 unspecified atom stereocenters. The van der Waals surface area contributed by atoms with Crippen LogP contribution in [0.4, 0.5) is 4.79 Å². The smallest absolute Gasteiger partial charge is 0.332 e. The maximum Gasteiger partial charge on any atom is 0.332 e. The molecule has 0 spiro atoms. The van der Waals surface area contributed by atoms with Gasteiger partial charge in [0.05, 0.1) is 0 Å². The minimum absolute atomic E-state index is 0.524. The molecule has 0 atom stereocenters. The summed E-state index contributed by atoms with van der Waals surface area (Å²) in [5, 5.41) is 3.63. The van der Waals surface area contributed by atoms with Crippen LogP contribution in [0.3, 0.4) is 0 Å². The van der Waals surface area contributed by atoms with Gasteiger partial charge in [0.1, 0.15) is 0 Å². The van der Waals surface area contributed by atoms with Crippen LogP contribution in [0.1, 0.15) is 13.3 Å². The fourth-order valence-electron chi connectivity index (χ4n) is 0.415. The number of rotatable bonds is 3. The van der Waals surface area contributed by atoms with Gasteiger partial charge in [-0.1, -0.05) is 0 Å². The third-order valence-corrected chi connectivity index (χ3v) is 0.863. The predicted molar refractivity (Wildman–Crippen MR) is 39.5 cm³/mol. The fourth-order valence-corrected chi connectivity index (χ4v) is 0.415. The summed E-state index contributed by atoms with van der Waals surface area (Å²) in [4.78, 5) is 10.1. The maximum atomic E-state index is 10.1. The standard InChI is InChI=1S/C5H12N4O/c1-4(2-3-6)8-9-5(7)10/h2-3,6H2,1H3,(H3,7,9,10)/b8-4+. The van der Waals surface area contributed by atoms with E-state index in [1.807, 2.05) is 0 Å². The summed E-state index contributed by atoms with van der Waals surface area (Å²) >= 11 is 0. The molecule has 0 rings (SSSR count). The molecule has 0 heterocycles. The molecule has 0 fully saturated rings. The average Bonchev–Trinajstić information content (AvgIpc) is 1.85. The average molecular weight is 144 g/mol. The van der Waals surface area contributed by atoms with Crippen molar-refractivity contribution < 1.29 is 4.79 Å². The molecular weight excluding hydrogens is 132 g/mol. The maximum absolute atomic E-state index is 10.1. The highest BCUT2D eigenvalue weighted by Gasteiger charge is 1.89. The van der Waals surface area contributed by atoms with Crippen LogP contribution in [0.5, 0.6) is 0 Å². The molecule has 0 aromatic heterocycles. The number of urea groups is 1. The molecule has 0 saturated heterocycles. The van der Waals surface area contributed by atoms with E-state index >= 15 is 0 Å². The summed E-state index contributed by atoms with van der Waals surface area (Å²) in [6.45, 7) is 2.29. The Balaban J connectivity index is 3.57. The Labute approximate surface area is 59.5 Å².